The Labute approximate surface area is 129 Å². The van der Waals surface area contributed by atoms with Gasteiger partial charge in [0.25, 0.3) is 0 Å². The number of hydrogen-bond donors (Lipinski definition) is 0. The van der Waals surface area contributed by atoms with Crippen molar-refractivity contribution in [3.05, 3.63) is 18.3 Å². The fraction of sp³-hybridized carbons (Fsp3) is 0.500. The molecule has 0 saturated heterocycles. The Balaban J connectivity index is 2.19. The highest BCUT2D eigenvalue weighted by Gasteiger charge is 2.22. The monoisotopic (exact) mass is 304 g/mol. The largest absolute Gasteiger partial charge is 0.443 e. The normalized spacial score (nSPS) is 11.3. The first kappa shape index (κ1) is 15.9. The van der Waals surface area contributed by atoms with E-state index in [4.69, 9.17) is 4.74 Å². The SMILES string of the molecule is CCN(C(=O)OC(C)(C)C)c1ccc(-c2nnn(C)n2)nc1. The molecule has 2 heterocycles. The number of carbonyl (C=O) groups is 1. The average molecular weight is 304 g/mol. The number of aryl methyl sites for hydroxylation is 1. The third-order valence-electron chi connectivity index (χ3n) is 2.73. The number of nitrogens with zero attached hydrogens (tertiary/aromatic N) is 6. The van der Waals surface area contributed by atoms with E-state index in [0.29, 0.717) is 23.8 Å². The van der Waals surface area contributed by atoms with Crippen molar-refractivity contribution in [3.8, 4) is 11.5 Å². The minimum Gasteiger partial charge on any atom is -0.443 e. The van der Waals surface area contributed by atoms with Gasteiger partial charge in [-0.05, 0) is 45.0 Å². The topological polar surface area (TPSA) is 86.0 Å². The molecule has 118 valence electrons. The van der Waals surface area contributed by atoms with E-state index in [9.17, 15) is 4.79 Å². The van der Waals surface area contributed by atoms with Gasteiger partial charge in [-0.2, -0.15) is 4.80 Å². The maximum Gasteiger partial charge on any atom is 0.414 e. The van der Waals surface area contributed by atoms with Crippen LogP contribution < -0.4 is 4.90 Å². The standard InChI is InChI=1S/C14H20N6O2/c1-6-20(13(21)22-14(2,3)4)10-7-8-11(15-9-10)12-16-18-19(5)17-12/h7-9H,6H2,1-5H3. The number of pyridine rings is 1. The van der Waals surface area contributed by atoms with Crippen LogP contribution in [0.3, 0.4) is 0 Å². The number of aromatic nitrogens is 5. The van der Waals surface area contributed by atoms with Crippen LogP contribution in [0.2, 0.25) is 0 Å². The summed E-state index contributed by atoms with van der Waals surface area (Å²) in [5.41, 5.74) is 0.711. The summed E-state index contributed by atoms with van der Waals surface area (Å²) < 4.78 is 5.38. The number of amides is 1. The molecular formula is C14H20N6O2. The van der Waals surface area contributed by atoms with Crippen LogP contribution in [0.25, 0.3) is 11.5 Å². The number of rotatable bonds is 3. The summed E-state index contributed by atoms with van der Waals surface area (Å²) in [5, 5.41) is 11.8. The molecule has 0 aromatic carbocycles. The lowest BCUT2D eigenvalue weighted by Crippen LogP contribution is -2.36. The molecule has 1 amide bonds. The van der Waals surface area contributed by atoms with E-state index in [-0.39, 0.29) is 0 Å². The van der Waals surface area contributed by atoms with E-state index in [1.807, 2.05) is 27.7 Å². The van der Waals surface area contributed by atoms with Crippen molar-refractivity contribution in [1.29, 1.82) is 0 Å². The van der Waals surface area contributed by atoms with Crippen LogP contribution in [0.15, 0.2) is 18.3 Å². The van der Waals surface area contributed by atoms with Crippen LogP contribution in [0.1, 0.15) is 27.7 Å². The molecule has 0 aliphatic rings. The van der Waals surface area contributed by atoms with Gasteiger partial charge in [-0.3, -0.25) is 9.88 Å². The second kappa shape index (κ2) is 6.08. The zero-order chi connectivity index (χ0) is 16.3. The first-order valence-corrected chi connectivity index (χ1v) is 7.01. The first-order chi connectivity index (χ1) is 10.3. The second-order valence-corrected chi connectivity index (χ2v) is 5.73. The van der Waals surface area contributed by atoms with Crippen molar-refractivity contribution < 1.29 is 9.53 Å². The van der Waals surface area contributed by atoms with Crippen molar-refractivity contribution in [1.82, 2.24) is 25.2 Å². The summed E-state index contributed by atoms with van der Waals surface area (Å²) >= 11 is 0. The van der Waals surface area contributed by atoms with Gasteiger partial charge in [-0.1, -0.05) is 0 Å². The molecule has 0 saturated carbocycles. The molecule has 8 nitrogen and oxygen atoms in total. The van der Waals surface area contributed by atoms with Gasteiger partial charge in [0.2, 0.25) is 5.82 Å². The predicted molar refractivity (Wildman–Crippen MR) is 81.3 cm³/mol. The zero-order valence-electron chi connectivity index (χ0n) is 13.4. The molecule has 22 heavy (non-hydrogen) atoms. The summed E-state index contributed by atoms with van der Waals surface area (Å²) in [6.07, 6.45) is 1.20. The highest BCUT2D eigenvalue weighted by molar-refractivity contribution is 5.87. The fourth-order valence-electron chi connectivity index (χ4n) is 1.80. The molecule has 0 aliphatic carbocycles. The van der Waals surface area contributed by atoms with Crippen LogP contribution in [-0.2, 0) is 11.8 Å². The summed E-state index contributed by atoms with van der Waals surface area (Å²) in [6.45, 7) is 7.86. The molecule has 0 spiro atoms. The number of hydrogen-bond acceptors (Lipinski definition) is 6. The average Bonchev–Trinajstić information content (AvgIpc) is 2.85. The smallest absolute Gasteiger partial charge is 0.414 e. The number of ether oxygens (including phenoxy) is 1. The van der Waals surface area contributed by atoms with E-state index in [2.05, 4.69) is 20.4 Å². The van der Waals surface area contributed by atoms with Crippen LogP contribution in [0, 0.1) is 0 Å². The lowest BCUT2D eigenvalue weighted by atomic mass is 10.2. The fourth-order valence-corrected chi connectivity index (χ4v) is 1.80. The van der Waals surface area contributed by atoms with E-state index in [1.54, 1.807) is 25.4 Å². The third kappa shape index (κ3) is 3.78. The predicted octanol–water partition coefficient (Wildman–Crippen LogP) is 2.03. The lowest BCUT2D eigenvalue weighted by molar-refractivity contribution is 0.0582. The van der Waals surface area contributed by atoms with Crippen molar-refractivity contribution in [2.45, 2.75) is 33.3 Å². The molecule has 0 atom stereocenters. The Morgan fingerprint density at radius 1 is 1.36 bits per heavy atom. The Kier molecular flexibility index (Phi) is 4.39. The van der Waals surface area contributed by atoms with Gasteiger partial charge in [0.15, 0.2) is 0 Å². The molecule has 8 heteroatoms. The minimum atomic E-state index is -0.540. The first-order valence-electron chi connectivity index (χ1n) is 7.01. The van der Waals surface area contributed by atoms with Gasteiger partial charge in [-0.25, -0.2) is 4.79 Å². The van der Waals surface area contributed by atoms with Gasteiger partial charge in [0.05, 0.1) is 18.9 Å². The van der Waals surface area contributed by atoms with Gasteiger partial charge in [0, 0.05) is 6.54 Å². The molecule has 0 bridgehead atoms. The Morgan fingerprint density at radius 3 is 2.55 bits per heavy atom. The molecule has 2 aromatic heterocycles. The molecular weight excluding hydrogens is 284 g/mol. The number of anilines is 1. The second-order valence-electron chi connectivity index (χ2n) is 5.73. The van der Waals surface area contributed by atoms with Gasteiger partial charge >= 0.3 is 6.09 Å². The van der Waals surface area contributed by atoms with E-state index < -0.39 is 11.7 Å². The summed E-state index contributed by atoms with van der Waals surface area (Å²) in [7, 11) is 1.69. The highest BCUT2D eigenvalue weighted by Crippen LogP contribution is 2.19. The quantitative estimate of drug-likeness (QED) is 0.862. The lowest BCUT2D eigenvalue weighted by Gasteiger charge is -2.26. The van der Waals surface area contributed by atoms with Crippen molar-refractivity contribution in [2.24, 2.45) is 7.05 Å². The van der Waals surface area contributed by atoms with Crippen molar-refractivity contribution >= 4 is 11.8 Å². The number of carbonyl (C=O) groups excluding carboxylic acids is 1. The number of tetrazole rings is 1. The molecule has 2 rings (SSSR count). The zero-order valence-corrected chi connectivity index (χ0v) is 13.4. The summed E-state index contributed by atoms with van der Waals surface area (Å²) in [6, 6.07) is 3.53. The van der Waals surface area contributed by atoms with Crippen LogP contribution in [-0.4, -0.2) is 43.4 Å². The Bertz CT molecular complexity index is 644. The minimum absolute atomic E-state index is 0.401. The molecule has 0 fully saturated rings. The Morgan fingerprint density at radius 2 is 2.09 bits per heavy atom. The Hall–Kier alpha value is -2.51. The molecule has 2 aromatic rings. The van der Waals surface area contributed by atoms with E-state index in [0.717, 1.165) is 0 Å². The van der Waals surface area contributed by atoms with E-state index in [1.165, 1.54) is 9.70 Å². The molecule has 0 aliphatic heterocycles. The summed E-state index contributed by atoms with van der Waals surface area (Å²) in [5.74, 6) is 0.439. The summed E-state index contributed by atoms with van der Waals surface area (Å²) in [4.78, 5) is 19.4. The third-order valence-corrected chi connectivity index (χ3v) is 2.73. The maximum atomic E-state index is 12.2. The van der Waals surface area contributed by atoms with Crippen LogP contribution in [0.5, 0.6) is 0 Å². The van der Waals surface area contributed by atoms with Gasteiger partial charge in [-0.15, -0.1) is 10.2 Å². The highest BCUT2D eigenvalue weighted by atomic mass is 16.6. The molecule has 0 N–H and O–H groups in total. The van der Waals surface area contributed by atoms with Crippen molar-refractivity contribution in [3.63, 3.8) is 0 Å². The maximum absolute atomic E-state index is 12.2. The van der Waals surface area contributed by atoms with Crippen molar-refractivity contribution in [2.75, 3.05) is 11.4 Å². The van der Waals surface area contributed by atoms with Gasteiger partial charge < -0.3 is 4.74 Å². The molecule has 0 unspecified atom stereocenters. The van der Waals surface area contributed by atoms with E-state index >= 15 is 0 Å². The van der Waals surface area contributed by atoms with Crippen LogP contribution >= 0.6 is 0 Å². The van der Waals surface area contributed by atoms with Crippen LogP contribution in [0.4, 0.5) is 10.5 Å². The van der Waals surface area contributed by atoms with Gasteiger partial charge in [0.1, 0.15) is 11.3 Å². The molecule has 0 radical (unpaired) electrons.